The van der Waals surface area contributed by atoms with Gasteiger partial charge in [-0.05, 0) is 44.5 Å². The lowest BCUT2D eigenvalue weighted by atomic mass is 10.0. The van der Waals surface area contributed by atoms with Gasteiger partial charge in [-0.1, -0.05) is 30.3 Å². The predicted molar refractivity (Wildman–Crippen MR) is 137 cm³/mol. The van der Waals surface area contributed by atoms with Gasteiger partial charge in [-0.25, -0.2) is 24.9 Å². The topological polar surface area (TPSA) is 122 Å². The Balaban J connectivity index is 1.74. The first-order valence-corrected chi connectivity index (χ1v) is 11.4. The molecular weight excluding hydrogens is 452 g/mol. The second-order valence-electron chi connectivity index (χ2n) is 8.32. The van der Waals surface area contributed by atoms with Gasteiger partial charge in [0.1, 0.15) is 34.9 Å². The maximum atomic E-state index is 14.1. The summed E-state index contributed by atoms with van der Waals surface area (Å²) >= 11 is 0. The Kier molecular flexibility index (Phi) is 5.92. The lowest BCUT2D eigenvalue weighted by molar-refractivity contribution is 0.729. The average molecular weight is 475 g/mol. The highest BCUT2D eigenvalue weighted by Gasteiger charge is 2.21. The standard InChI is InChI=1S/C27H22N8O/c1-16(32-25-19(12-28)13-31-18(3)33-25)26-34-23-11-7-10-22(20-14-29-17(2)30-15-20)24(23)27(36)35(26)21-8-5-4-6-9-21/h4-11,13-16H,1-3H3,(H,31,32,33)/t16-/m0/s1. The molecule has 0 bridgehead atoms. The Labute approximate surface area is 207 Å². The summed E-state index contributed by atoms with van der Waals surface area (Å²) in [6, 6.07) is 16.5. The first-order valence-electron chi connectivity index (χ1n) is 11.4. The van der Waals surface area contributed by atoms with E-state index in [2.05, 4.69) is 31.3 Å². The number of para-hydroxylation sites is 1. The Morgan fingerprint density at radius 2 is 1.64 bits per heavy atom. The van der Waals surface area contributed by atoms with Gasteiger partial charge in [0.05, 0.1) is 28.8 Å². The minimum absolute atomic E-state index is 0.217. The van der Waals surface area contributed by atoms with E-state index in [1.165, 1.54) is 6.20 Å². The molecule has 9 nitrogen and oxygen atoms in total. The number of nitriles is 1. The molecule has 0 radical (unpaired) electrons. The molecule has 0 spiro atoms. The highest BCUT2D eigenvalue weighted by molar-refractivity contribution is 5.94. The molecule has 0 aliphatic rings. The van der Waals surface area contributed by atoms with E-state index in [1.807, 2.05) is 62.4 Å². The lowest BCUT2D eigenvalue weighted by Gasteiger charge is -2.21. The Morgan fingerprint density at radius 1 is 0.917 bits per heavy atom. The predicted octanol–water partition coefficient (Wildman–Crippen LogP) is 4.29. The van der Waals surface area contributed by atoms with Crippen LogP contribution in [0.15, 0.2) is 71.9 Å². The van der Waals surface area contributed by atoms with Gasteiger partial charge in [-0.3, -0.25) is 9.36 Å². The van der Waals surface area contributed by atoms with Crippen LogP contribution in [0.1, 0.15) is 36.0 Å². The molecular formula is C27H22N8O. The molecule has 0 aliphatic heterocycles. The Hall–Kier alpha value is -4.97. The van der Waals surface area contributed by atoms with Crippen LogP contribution in [-0.4, -0.2) is 29.5 Å². The molecule has 176 valence electrons. The van der Waals surface area contributed by atoms with E-state index in [1.54, 1.807) is 23.9 Å². The van der Waals surface area contributed by atoms with Crippen LogP contribution in [0.5, 0.6) is 0 Å². The van der Waals surface area contributed by atoms with Gasteiger partial charge in [0.25, 0.3) is 5.56 Å². The van der Waals surface area contributed by atoms with Crippen LogP contribution < -0.4 is 10.9 Å². The van der Waals surface area contributed by atoms with Crippen LogP contribution in [0.4, 0.5) is 5.82 Å². The summed E-state index contributed by atoms with van der Waals surface area (Å²) in [5.41, 5.74) is 2.76. The van der Waals surface area contributed by atoms with Crippen molar-refractivity contribution in [3.63, 3.8) is 0 Å². The average Bonchev–Trinajstić information content (AvgIpc) is 2.89. The molecule has 1 N–H and O–H groups in total. The molecule has 3 aromatic heterocycles. The van der Waals surface area contributed by atoms with Crippen LogP contribution in [0.25, 0.3) is 27.7 Å². The number of benzene rings is 2. The van der Waals surface area contributed by atoms with Gasteiger partial charge >= 0.3 is 0 Å². The van der Waals surface area contributed by atoms with Crippen molar-refractivity contribution < 1.29 is 0 Å². The fourth-order valence-electron chi connectivity index (χ4n) is 4.07. The number of fused-ring (bicyclic) bond motifs is 1. The molecule has 5 rings (SSSR count). The van der Waals surface area contributed by atoms with Gasteiger partial charge in [0, 0.05) is 18.0 Å². The highest BCUT2D eigenvalue weighted by Crippen LogP contribution is 2.28. The quantitative estimate of drug-likeness (QED) is 0.400. The molecule has 0 unspecified atom stereocenters. The molecule has 0 aliphatic carbocycles. The number of nitrogens with one attached hydrogen (secondary N) is 1. The summed E-state index contributed by atoms with van der Waals surface area (Å²) in [5.74, 6) is 2.05. The fourth-order valence-corrected chi connectivity index (χ4v) is 4.07. The summed E-state index contributed by atoms with van der Waals surface area (Å²) in [6.45, 7) is 5.44. The van der Waals surface area contributed by atoms with Crippen LogP contribution in [0.3, 0.4) is 0 Å². The van der Waals surface area contributed by atoms with Gasteiger partial charge in [-0.15, -0.1) is 0 Å². The van der Waals surface area contributed by atoms with Gasteiger partial charge in [0.15, 0.2) is 0 Å². The highest BCUT2D eigenvalue weighted by atomic mass is 16.1. The molecule has 0 saturated carbocycles. The molecule has 2 aromatic carbocycles. The van der Waals surface area contributed by atoms with Crippen molar-refractivity contribution in [2.24, 2.45) is 0 Å². The van der Waals surface area contributed by atoms with E-state index in [0.717, 1.165) is 5.56 Å². The molecule has 0 saturated heterocycles. The smallest absolute Gasteiger partial charge is 0.266 e. The summed E-state index contributed by atoms with van der Waals surface area (Å²) in [6.07, 6.45) is 4.90. The number of hydrogen-bond donors (Lipinski definition) is 1. The van der Waals surface area contributed by atoms with Crippen molar-refractivity contribution in [2.45, 2.75) is 26.8 Å². The third kappa shape index (κ3) is 4.16. The number of aryl methyl sites for hydroxylation is 2. The number of hydrogen-bond acceptors (Lipinski definition) is 8. The summed E-state index contributed by atoms with van der Waals surface area (Å²) < 4.78 is 1.60. The lowest BCUT2D eigenvalue weighted by Crippen LogP contribution is -2.28. The first-order chi connectivity index (χ1) is 17.5. The zero-order valence-electron chi connectivity index (χ0n) is 20.0. The van der Waals surface area contributed by atoms with Crippen molar-refractivity contribution in [3.05, 3.63) is 101 Å². The van der Waals surface area contributed by atoms with Gasteiger partial charge in [0.2, 0.25) is 0 Å². The summed E-state index contributed by atoms with van der Waals surface area (Å²) in [5, 5.41) is 13.2. The molecule has 0 fully saturated rings. The van der Waals surface area contributed by atoms with Crippen molar-refractivity contribution in [3.8, 4) is 22.9 Å². The maximum Gasteiger partial charge on any atom is 0.266 e. The first kappa shape index (κ1) is 22.8. The fraction of sp³-hybridized carbons (Fsp3) is 0.148. The van der Waals surface area contributed by atoms with E-state index >= 15 is 0 Å². The molecule has 1 atom stereocenters. The van der Waals surface area contributed by atoms with Crippen molar-refractivity contribution >= 4 is 16.7 Å². The van der Waals surface area contributed by atoms with E-state index in [-0.39, 0.29) is 5.56 Å². The van der Waals surface area contributed by atoms with Crippen LogP contribution in [-0.2, 0) is 0 Å². The van der Waals surface area contributed by atoms with Crippen molar-refractivity contribution in [1.29, 1.82) is 5.26 Å². The summed E-state index contributed by atoms with van der Waals surface area (Å²) in [7, 11) is 0. The third-order valence-corrected chi connectivity index (χ3v) is 5.80. The van der Waals surface area contributed by atoms with Crippen molar-refractivity contribution in [2.75, 3.05) is 5.32 Å². The van der Waals surface area contributed by atoms with Gasteiger partial charge < -0.3 is 5.32 Å². The van der Waals surface area contributed by atoms with Crippen molar-refractivity contribution in [1.82, 2.24) is 29.5 Å². The maximum absolute atomic E-state index is 14.1. The molecule has 9 heteroatoms. The van der Waals surface area contributed by atoms with Gasteiger partial charge in [-0.2, -0.15) is 5.26 Å². The minimum Gasteiger partial charge on any atom is -0.359 e. The third-order valence-electron chi connectivity index (χ3n) is 5.80. The second-order valence-corrected chi connectivity index (χ2v) is 8.32. The van der Waals surface area contributed by atoms with E-state index in [9.17, 15) is 10.1 Å². The van der Waals surface area contributed by atoms with E-state index in [0.29, 0.717) is 51.0 Å². The molecule has 36 heavy (non-hydrogen) atoms. The SMILES string of the molecule is Cc1ncc(-c2cccc3nc([C@H](C)Nc4nc(C)ncc4C#N)n(-c4ccccc4)c(=O)c23)cn1. The molecule has 5 aromatic rings. The number of nitrogens with zero attached hydrogens (tertiary/aromatic N) is 7. The molecule has 3 heterocycles. The zero-order chi connectivity index (χ0) is 25.2. The number of rotatable bonds is 5. The Morgan fingerprint density at radius 3 is 2.36 bits per heavy atom. The molecule has 0 amide bonds. The number of anilines is 1. The largest absolute Gasteiger partial charge is 0.359 e. The van der Waals surface area contributed by atoms with Crippen LogP contribution in [0.2, 0.25) is 0 Å². The van der Waals surface area contributed by atoms with E-state index < -0.39 is 6.04 Å². The van der Waals surface area contributed by atoms with Crippen LogP contribution >= 0.6 is 0 Å². The monoisotopic (exact) mass is 474 g/mol. The zero-order valence-corrected chi connectivity index (χ0v) is 20.0. The van der Waals surface area contributed by atoms with Crippen LogP contribution in [0, 0.1) is 25.2 Å². The summed E-state index contributed by atoms with van der Waals surface area (Å²) in [4.78, 5) is 36.1. The van der Waals surface area contributed by atoms with E-state index in [4.69, 9.17) is 4.98 Å². The number of aromatic nitrogens is 6. The minimum atomic E-state index is -0.463. The second kappa shape index (κ2) is 9.35. The normalized spacial score (nSPS) is 11.7. The Bertz CT molecular complexity index is 1670.